The Balaban J connectivity index is 2.53. The fourth-order valence-electron chi connectivity index (χ4n) is 3.17. The van der Waals surface area contributed by atoms with Gasteiger partial charge in [-0.25, -0.2) is 9.36 Å². The van der Waals surface area contributed by atoms with Crippen LogP contribution in [0.5, 0.6) is 0 Å². The van der Waals surface area contributed by atoms with Crippen LogP contribution in [0, 0.1) is 6.92 Å². The molecule has 0 radical (unpaired) electrons. The summed E-state index contributed by atoms with van der Waals surface area (Å²) < 4.78 is 41.8. The van der Waals surface area contributed by atoms with E-state index in [4.69, 9.17) is 5.73 Å². The van der Waals surface area contributed by atoms with Gasteiger partial charge in [-0.1, -0.05) is 12.1 Å². The summed E-state index contributed by atoms with van der Waals surface area (Å²) in [4.78, 5) is 51.8. The van der Waals surface area contributed by atoms with Gasteiger partial charge < -0.3 is 10.6 Å². The van der Waals surface area contributed by atoms with Crippen LogP contribution in [0.2, 0.25) is 0 Å². The molecule has 0 spiro atoms. The number of para-hydroxylation sites is 1. The maximum Gasteiger partial charge on any atom is 0.418 e. The van der Waals surface area contributed by atoms with Crippen LogP contribution in [0.15, 0.2) is 33.9 Å². The molecule has 3 rings (SSSR count). The predicted octanol–water partition coefficient (Wildman–Crippen LogP) is 1.73. The van der Waals surface area contributed by atoms with Crippen LogP contribution in [-0.4, -0.2) is 39.9 Å². The Morgan fingerprint density at radius 2 is 1.77 bits per heavy atom. The second kappa shape index (κ2) is 7.69. The van der Waals surface area contributed by atoms with E-state index in [1.54, 1.807) is 0 Å². The number of hydrogen-bond acceptors (Lipinski definition) is 5. The minimum Gasteiger partial charge on any atom is -0.368 e. The Labute approximate surface area is 176 Å². The Hall–Kier alpha value is -3.41. The smallest absolute Gasteiger partial charge is 0.368 e. The number of alkyl halides is 3. The number of aryl methyl sites for hydroxylation is 1. The standard InChI is InChI=1S/C19H17F3N4O4S/c1-9-13-15(28)26(11-7-5-4-6-10(11)19(20,21)22)18(30)25(8-12(23)27)17(13)31-14(9)16(29)24(2)3/h4-7H,8H2,1-3H3,(H2,23,27). The predicted molar refractivity (Wildman–Crippen MR) is 109 cm³/mol. The highest BCUT2D eigenvalue weighted by Gasteiger charge is 2.35. The summed E-state index contributed by atoms with van der Waals surface area (Å²) in [5, 5.41) is -0.131. The van der Waals surface area contributed by atoms with Crippen LogP contribution in [0.25, 0.3) is 15.9 Å². The van der Waals surface area contributed by atoms with Gasteiger partial charge in [-0.3, -0.25) is 19.0 Å². The highest BCUT2D eigenvalue weighted by atomic mass is 32.1. The number of amides is 2. The molecule has 31 heavy (non-hydrogen) atoms. The van der Waals surface area contributed by atoms with Crippen LogP contribution in [-0.2, 0) is 17.5 Å². The first-order chi connectivity index (χ1) is 14.4. The fourth-order valence-corrected chi connectivity index (χ4v) is 4.48. The van der Waals surface area contributed by atoms with Gasteiger partial charge in [-0.2, -0.15) is 13.2 Å². The summed E-state index contributed by atoms with van der Waals surface area (Å²) in [6.45, 7) is 0.773. The molecule has 3 aromatic rings. The van der Waals surface area contributed by atoms with Gasteiger partial charge in [0.05, 0.1) is 21.5 Å². The van der Waals surface area contributed by atoms with Gasteiger partial charge in [0.15, 0.2) is 0 Å². The van der Waals surface area contributed by atoms with E-state index in [-0.39, 0.29) is 20.7 Å². The Bertz CT molecular complexity index is 1330. The molecular formula is C19H17F3N4O4S. The summed E-state index contributed by atoms with van der Waals surface area (Å²) in [6.07, 6.45) is -4.85. The molecule has 2 amide bonds. The number of aromatic nitrogens is 2. The lowest BCUT2D eigenvalue weighted by Crippen LogP contribution is -2.41. The van der Waals surface area contributed by atoms with Crippen LogP contribution in [0.4, 0.5) is 13.2 Å². The number of fused-ring (bicyclic) bond motifs is 1. The monoisotopic (exact) mass is 454 g/mol. The number of carbonyl (C=O) groups is 2. The molecule has 1 aromatic carbocycles. The highest BCUT2D eigenvalue weighted by molar-refractivity contribution is 7.20. The lowest BCUT2D eigenvalue weighted by atomic mass is 10.1. The third-order valence-electron chi connectivity index (χ3n) is 4.58. The molecular weight excluding hydrogens is 437 g/mol. The Morgan fingerprint density at radius 3 is 2.32 bits per heavy atom. The van der Waals surface area contributed by atoms with Crippen molar-refractivity contribution < 1.29 is 22.8 Å². The largest absolute Gasteiger partial charge is 0.418 e. The molecule has 0 aliphatic heterocycles. The molecule has 2 aromatic heterocycles. The zero-order chi connectivity index (χ0) is 23.2. The van der Waals surface area contributed by atoms with E-state index in [1.807, 2.05) is 0 Å². The Morgan fingerprint density at radius 1 is 1.16 bits per heavy atom. The molecule has 164 valence electrons. The first kappa shape index (κ1) is 22.3. The SMILES string of the molecule is Cc1c(C(=O)N(C)C)sc2c1c(=O)n(-c1ccccc1C(F)(F)F)c(=O)n2CC(N)=O. The maximum absolute atomic E-state index is 13.6. The van der Waals surface area contributed by atoms with E-state index < -0.39 is 47.0 Å². The topological polar surface area (TPSA) is 107 Å². The van der Waals surface area contributed by atoms with Crippen molar-refractivity contribution in [2.24, 2.45) is 5.73 Å². The lowest BCUT2D eigenvalue weighted by molar-refractivity contribution is -0.137. The number of thiophene rings is 1. The molecule has 0 saturated heterocycles. The van der Waals surface area contributed by atoms with Crippen molar-refractivity contribution in [3.05, 3.63) is 61.1 Å². The molecule has 2 heterocycles. The van der Waals surface area contributed by atoms with E-state index in [2.05, 4.69) is 0 Å². The van der Waals surface area contributed by atoms with E-state index in [1.165, 1.54) is 32.0 Å². The molecule has 0 fully saturated rings. The molecule has 8 nitrogen and oxygen atoms in total. The number of rotatable bonds is 4. The van der Waals surface area contributed by atoms with Gasteiger partial charge in [-0.05, 0) is 24.6 Å². The average molecular weight is 454 g/mol. The van der Waals surface area contributed by atoms with Crippen molar-refractivity contribution >= 4 is 33.4 Å². The van der Waals surface area contributed by atoms with Gasteiger partial charge in [-0.15, -0.1) is 11.3 Å². The third-order valence-corrected chi connectivity index (χ3v) is 5.88. The normalized spacial score (nSPS) is 11.7. The van der Waals surface area contributed by atoms with Gasteiger partial charge >= 0.3 is 11.9 Å². The first-order valence-corrected chi connectivity index (χ1v) is 9.63. The van der Waals surface area contributed by atoms with Gasteiger partial charge in [0.2, 0.25) is 5.91 Å². The number of primary amides is 1. The molecule has 0 saturated carbocycles. The minimum absolute atomic E-state index is 0.0164. The van der Waals surface area contributed by atoms with E-state index >= 15 is 0 Å². The molecule has 0 aliphatic rings. The molecule has 0 atom stereocenters. The van der Waals surface area contributed by atoms with Crippen molar-refractivity contribution in [2.75, 3.05) is 14.1 Å². The molecule has 2 N–H and O–H groups in total. The fraction of sp³-hybridized carbons (Fsp3) is 0.263. The van der Waals surface area contributed by atoms with Crippen molar-refractivity contribution in [3.63, 3.8) is 0 Å². The maximum atomic E-state index is 13.6. The van der Waals surface area contributed by atoms with Crippen LogP contribution < -0.4 is 17.0 Å². The highest BCUT2D eigenvalue weighted by Crippen LogP contribution is 2.34. The summed E-state index contributed by atoms with van der Waals surface area (Å²) in [5.41, 5.74) is 1.35. The zero-order valence-corrected chi connectivity index (χ0v) is 17.4. The molecule has 12 heteroatoms. The Kier molecular flexibility index (Phi) is 5.53. The lowest BCUT2D eigenvalue weighted by Gasteiger charge is -2.15. The number of nitrogens with zero attached hydrogens (tertiary/aromatic N) is 3. The summed E-state index contributed by atoms with van der Waals surface area (Å²) in [5.74, 6) is -1.40. The van der Waals surface area contributed by atoms with E-state index in [0.717, 1.165) is 34.1 Å². The van der Waals surface area contributed by atoms with Crippen LogP contribution in [0.1, 0.15) is 20.8 Å². The zero-order valence-electron chi connectivity index (χ0n) is 16.6. The average Bonchev–Trinajstić information content (AvgIpc) is 3.01. The van der Waals surface area contributed by atoms with Crippen LogP contribution >= 0.6 is 11.3 Å². The van der Waals surface area contributed by atoms with Crippen molar-refractivity contribution in [3.8, 4) is 5.69 Å². The summed E-state index contributed by atoms with van der Waals surface area (Å²) in [7, 11) is 2.97. The second-order valence-corrected chi connectivity index (χ2v) is 7.93. The number of benzene rings is 1. The van der Waals surface area contributed by atoms with Gasteiger partial charge in [0.1, 0.15) is 11.4 Å². The van der Waals surface area contributed by atoms with E-state index in [0.29, 0.717) is 4.57 Å². The van der Waals surface area contributed by atoms with Crippen molar-refractivity contribution in [1.82, 2.24) is 14.0 Å². The molecule has 0 bridgehead atoms. The minimum atomic E-state index is -4.85. The van der Waals surface area contributed by atoms with Crippen LogP contribution in [0.3, 0.4) is 0 Å². The summed E-state index contributed by atoms with van der Waals surface area (Å²) in [6, 6.07) is 4.10. The number of hydrogen-bond donors (Lipinski definition) is 1. The second-order valence-electron chi connectivity index (χ2n) is 6.93. The molecule has 0 aliphatic carbocycles. The van der Waals surface area contributed by atoms with Crippen molar-refractivity contribution in [2.45, 2.75) is 19.6 Å². The first-order valence-electron chi connectivity index (χ1n) is 8.81. The number of halogens is 3. The van der Waals surface area contributed by atoms with E-state index in [9.17, 15) is 32.3 Å². The number of carbonyl (C=O) groups excluding carboxylic acids is 2. The van der Waals surface area contributed by atoms with Gasteiger partial charge in [0.25, 0.3) is 11.5 Å². The summed E-state index contributed by atoms with van der Waals surface area (Å²) >= 11 is 0.799. The number of nitrogens with two attached hydrogens (primary N) is 1. The van der Waals surface area contributed by atoms with Crippen molar-refractivity contribution in [1.29, 1.82) is 0 Å². The van der Waals surface area contributed by atoms with Gasteiger partial charge in [0, 0.05) is 14.1 Å². The third kappa shape index (κ3) is 3.74. The molecule has 0 unspecified atom stereocenters. The quantitative estimate of drug-likeness (QED) is 0.648.